The molecule has 0 unspecified atom stereocenters. The fourth-order valence-corrected chi connectivity index (χ4v) is 0. The summed E-state index contributed by atoms with van der Waals surface area (Å²) < 4.78 is 0. The van der Waals surface area contributed by atoms with Crippen LogP contribution in [-0.2, 0) is 50.6 Å². The molecule has 0 aliphatic rings. The number of hydrogen-bond acceptors (Lipinski definition) is 0. The maximum absolute atomic E-state index is 0. The molecule has 0 saturated carbocycles. The summed E-state index contributed by atoms with van der Waals surface area (Å²) >= 11 is 0. The van der Waals surface area contributed by atoms with E-state index in [1.165, 1.54) is 0 Å². The van der Waals surface area contributed by atoms with E-state index in [0.29, 0.717) is 0 Å². The van der Waals surface area contributed by atoms with E-state index >= 15 is 0 Å². The maximum atomic E-state index is 0. The molecule has 0 aromatic heterocycles. The molecule has 36 valence electrons. The number of rotatable bonds is 0. The quantitative estimate of drug-likeness (QED) is 0.440. The van der Waals surface area contributed by atoms with Gasteiger partial charge in [-0.15, -0.1) is 0 Å². The van der Waals surface area contributed by atoms with Crippen LogP contribution in [0.1, 0.15) is 0 Å². The third-order valence-corrected chi connectivity index (χ3v) is 0. The van der Waals surface area contributed by atoms with Crippen molar-refractivity contribution in [3.8, 4) is 0 Å². The Hall–Kier alpha value is 1.75. The monoisotopic (exact) mass is 208 g/mol. The topological polar surface area (TPSA) is 0 Å². The fraction of sp³-hybridized carbons (Fsp3) is 0. The molecule has 0 aliphatic carbocycles. The van der Waals surface area contributed by atoms with Crippen molar-refractivity contribution in [2.75, 3.05) is 0 Å². The summed E-state index contributed by atoms with van der Waals surface area (Å²) in [7, 11) is 0. The van der Waals surface area contributed by atoms with E-state index in [2.05, 4.69) is 0 Å². The van der Waals surface area contributed by atoms with Crippen LogP contribution in [0.2, 0.25) is 0 Å². The average molecular weight is 209 g/mol. The van der Waals surface area contributed by atoms with Crippen molar-refractivity contribution < 1.29 is 50.6 Å². The molecular formula is H3CuFeNiSi. The van der Waals surface area contributed by atoms with Crippen LogP contribution >= 0.6 is 0 Å². The minimum Gasteiger partial charge on any atom is -0.0125 e. The molecule has 0 rings (SSSR count). The van der Waals surface area contributed by atoms with E-state index in [1.54, 1.807) is 0 Å². The Labute approximate surface area is 61.4 Å². The van der Waals surface area contributed by atoms with Gasteiger partial charge in [-0.3, -0.25) is 0 Å². The van der Waals surface area contributed by atoms with Gasteiger partial charge in [0, 0.05) is 50.6 Å². The Morgan fingerprint density at radius 3 is 1.00 bits per heavy atom. The van der Waals surface area contributed by atoms with Gasteiger partial charge in [-0.1, -0.05) is 0 Å². The summed E-state index contributed by atoms with van der Waals surface area (Å²) in [4.78, 5) is 0. The smallest absolute Gasteiger partial charge is 0 e. The molecule has 0 nitrogen and oxygen atoms in total. The van der Waals surface area contributed by atoms with Crippen molar-refractivity contribution in [2.45, 2.75) is 0 Å². The van der Waals surface area contributed by atoms with Gasteiger partial charge in [0.15, 0.2) is 0 Å². The van der Waals surface area contributed by atoms with Crippen LogP contribution in [0.5, 0.6) is 0 Å². The van der Waals surface area contributed by atoms with E-state index in [0.717, 1.165) is 0 Å². The molecule has 0 heterocycles. The average Bonchev–Trinajstić information content (AvgIpc) is 0. The van der Waals surface area contributed by atoms with Crippen molar-refractivity contribution in [3.63, 3.8) is 0 Å². The molecule has 0 fully saturated rings. The SMILES string of the molecule is [Cu].[Fe].[Ni].[SiH3]. The van der Waals surface area contributed by atoms with E-state index in [9.17, 15) is 0 Å². The summed E-state index contributed by atoms with van der Waals surface area (Å²) in [6, 6.07) is 0. The predicted molar refractivity (Wildman–Crippen MR) is 9.94 cm³/mol. The molecule has 0 spiro atoms. The van der Waals surface area contributed by atoms with Crippen molar-refractivity contribution in [2.24, 2.45) is 0 Å². The molecule has 0 bridgehead atoms. The van der Waals surface area contributed by atoms with E-state index in [4.69, 9.17) is 0 Å². The molecule has 0 aromatic rings. The van der Waals surface area contributed by atoms with Crippen LogP contribution < -0.4 is 0 Å². The molecule has 2 radical (unpaired) electrons. The van der Waals surface area contributed by atoms with Gasteiger partial charge in [0.05, 0.1) is 0 Å². The number of hydrogen-bond donors (Lipinski definition) is 0. The zero-order valence-electron chi connectivity index (χ0n) is 1.97. The Morgan fingerprint density at radius 1 is 1.00 bits per heavy atom. The first-order valence-electron chi connectivity index (χ1n) is 0. The zero-order valence-corrected chi connectivity index (χ0v) is 7.00. The normalized spacial score (nSPS) is 0. The standard InChI is InChI=1S/Cu.Fe.Ni.H3Si/h;;;1H3. The molecule has 0 atom stereocenters. The van der Waals surface area contributed by atoms with Gasteiger partial charge in [0.1, 0.15) is 0 Å². The van der Waals surface area contributed by atoms with Crippen LogP contribution in [0.25, 0.3) is 0 Å². The summed E-state index contributed by atoms with van der Waals surface area (Å²) in [5.74, 6) is 0. The Morgan fingerprint density at radius 2 is 1.00 bits per heavy atom. The van der Waals surface area contributed by atoms with Gasteiger partial charge < -0.3 is 0 Å². The van der Waals surface area contributed by atoms with Gasteiger partial charge in [-0.2, -0.15) is 0 Å². The van der Waals surface area contributed by atoms with Gasteiger partial charge in [-0.25, -0.2) is 0 Å². The van der Waals surface area contributed by atoms with Crippen LogP contribution in [-0.4, -0.2) is 11.0 Å². The van der Waals surface area contributed by atoms with Crippen LogP contribution in [0.3, 0.4) is 0 Å². The Bertz CT molecular complexity index is 8.00. The molecule has 0 aromatic carbocycles. The van der Waals surface area contributed by atoms with Gasteiger partial charge in [0.25, 0.3) is 0 Å². The minimum absolute atomic E-state index is 0. The van der Waals surface area contributed by atoms with Gasteiger partial charge in [-0.05, 0) is 11.0 Å². The van der Waals surface area contributed by atoms with E-state index < -0.39 is 0 Å². The largest absolute Gasteiger partial charge is 0.0125 e. The minimum atomic E-state index is 0. The van der Waals surface area contributed by atoms with Crippen LogP contribution in [0, 0.1) is 0 Å². The fourth-order valence-electron chi connectivity index (χ4n) is 0. The van der Waals surface area contributed by atoms with Crippen molar-refractivity contribution in [1.82, 2.24) is 0 Å². The summed E-state index contributed by atoms with van der Waals surface area (Å²) in [5, 5.41) is 0. The van der Waals surface area contributed by atoms with E-state index in [1.807, 2.05) is 0 Å². The first-order chi connectivity index (χ1) is 0. The van der Waals surface area contributed by atoms with E-state index in [-0.39, 0.29) is 61.6 Å². The van der Waals surface area contributed by atoms with Crippen LogP contribution in [0.15, 0.2) is 0 Å². The Kier molecular flexibility index (Phi) is 231. The van der Waals surface area contributed by atoms with Gasteiger partial charge >= 0.3 is 0 Å². The molecule has 0 amide bonds. The second-order valence-electron chi connectivity index (χ2n) is 0. The predicted octanol–water partition coefficient (Wildman–Crippen LogP) is -1.19. The molecular weight excluding hydrogens is 206 g/mol. The third kappa shape index (κ3) is 9.26. The summed E-state index contributed by atoms with van der Waals surface area (Å²) in [5.41, 5.74) is 0. The first kappa shape index (κ1) is 42.4. The van der Waals surface area contributed by atoms with Crippen LogP contribution in [0.4, 0.5) is 0 Å². The molecule has 0 saturated heterocycles. The summed E-state index contributed by atoms with van der Waals surface area (Å²) in [6.07, 6.45) is 0. The van der Waals surface area contributed by atoms with Crippen molar-refractivity contribution in [1.29, 1.82) is 0 Å². The molecule has 0 N–H and O–H groups in total. The molecule has 0 aliphatic heterocycles. The van der Waals surface area contributed by atoms with Crippen molar-refractivity contribution in [3.05, 3.63) is 0 Å². The zero-order chi connectivity index (χ0) is 0. The first-order valence-corrected chi connectivity index (χ1v) is 0. The molecule has 4 heteroatoms. The summed E-state index contributed by atoms with van der Waals surface area (Å²) in [6.45, 7) is 0. The van der Waals surface area contributed by atoms with Gasteiger partial charge in [0.2, 0.25) is 0 Å². The molecule has 4 heavy (non-hydrogen) atoms. The third-order valence-electron chi connectivity index (χ3n) is 0. The van der Waals surface area contributed by atoms with Crippen molar-refractivity contribution >= 4 is 11.0 Å². The second kappa shape index (κ2) is 21.8. The second-order valence-corrected chi connectivity index (χ2v) is 0. The Balaban J connectivity index is 0. The maximum Gasteiger partial charge on any atom is 0 e.